The molecule has 3 nitrogen and oxygen atoms in total. The summed E-state index contributed by atoms with van der Waals surface area (Å²) >= 11 is 0. The van der Waals surface area contributed by atoms with Gasteiger partial charge in [-0.15, -0.1) is 0 Å². The molecule has 0 bridgehead atoms. The lowest BCUT2D eigenvalue weighted by Crippen LogP contribution is -2.35. The van der Waals surface area contributed by atoms with Crippen LogP contribution < -0.4 is 5.32 Å². The van der Waals surface area contributed by atoms with E-state index in [0.29, 0.717) is 12.2 Å². The van der Waals surface area contributed by atoms with Crippen LogP contribution in [0.1, 0.15) is 38.5 Å². The number of rotatable bonds is 3. The number of nitrogens with one attached hydrogen (secondary N) is 1. The molecule has 2 rings (SSSR count). The van der Waals surface area contributed by atoms with Crippen LogP contribution in [0.3, 0.4) is 0 Å². The van der Waals surface area contributed by atoms with E-state index in [0.717, 1.165) is 25.0 Å². The van der Waals surface area contributed by atoms with Gasteiger partial charge < -0.3 is 5.32 Å². The third kappa shape index (κ3) is 3.44. The highest BCUT2D eigenvalue weighted by Gasteiger charge is 2.22. The lowest BCUT2D eigenvalue weighted by Gasteiger charge is -2.14. The largest absolute Gasteiger partial charge is 0.352 e. The first-order valence-corrected chi connectivity index (χ1v) is 7.55. The third-order valence-corrected chi connectivity index (χ3v) is 4.68. The molecule has 0 radical (unpaired) electrons. The minimum atomic E-state index is -0.705. The highest BCUT2D eigenvalue weighted by Crippen LogP contribution is 2.20. The maximum Gasteiger partial charge on any atom is 0.224 e. The van der Waals surface area contributed by atoms with Gasteiger partial charge in [-0.05, 0) is 32.1 Å². The van der Waals surface area contributed by atoms with Gasteiger partial charge in [0.05, 0.1) is 0 Å². The summed E-state index contributed by atoms with van der Waals surface area (Å²) in [4.78, 5) is 11.7. The lowest BCUT2D eigenvalue weighted by molar-refractivity contribution is -0.121. The molecule has 0 aromatic rings. The van der Waals surface area contributed by atoms with Gasteiger partial charge in [0, 0.05) is 34.8 Å². The Balaban J connectivity index is 1.75. The molecule has 16 heavy (non-hydrogen) atoms. The molecule has 1 aliphatic heterocycles. The van der Waals surface area contributed by atoms with Crippen molar-refractivity contribution in [3.63, 3.8) is 0 Å². The molecule has 1 saturated heterocycles. The molecule has 0 saturated carbocycles. The van der Waals surface area contributed by atoms with Crippen molar-refractivity contribution >= 4 is 16.7 Å². The Labute approximate surface area is 99.1 Å². The predicted octanol–water partition coefficient (Wildman–Crippen LogP) is 1.51. The average Bonchev–Trinajstić information content (AvgIpc) is 2.65. The summed E-state index contributed by atoms with van der Waals surface area (Å²) < 4.78 is 11.2. The number of carbonyl (C=O) groups is 1. The van der Waals surface area contributed by atoms with Gasteiger partial charge in [0.2, 0.25) is 5.91 Å². The van der Waals surface area contributed by atoms with Gasteiger partial charge in [-0.3, -0.25) is 9.00 Å². The summed E-state index contributed by atoms with van der Waals surface area (Å²) in [6.07, 6.45) is 8.29. The fourth-order valence-electron chi connectivity index (χ4n) is 2.33. The van der Waals surface area contributed by atoms with E-state index in [1.165, 1.54) is 18.4 Å². The minimum absolute atomic E-state index is 0.108. The van der Waals surface area contributed by atoms with Crippen molar-refractivity contribution in [3.05, 3.63) is 11.6 Å². The zero-order chi connectivity index (χ0) is 11.4. The van der Waals surface area contributed by atoms with E-state index >= 15 is 0 Å². The molecular formula is C12H19NO2S. The fourth-order valence-corrected chi connectivity index (χ4v) is 3.74. The highest BCUT2D eigenvalue weighted by molar-refractivity contribution is 7.85. The van der Waals surface area contributed by atoms with Gasteiger partial charge >= 0.3 is 0 Å². The number of carbonyl (C=O) groups excluding carboxylic acids is 1. The molecule has 2 unspecified atom stereocenters. The fraction of sp³-hybridized carbons (Fsp3) is 0.750. The van der Waals surface area contributed by atoms with Crippen molar-refractivity contribution in [1.82, 2.24) is 5.32 Å². The maximum atomic E-state index is 11.7. The lowest BCUT2D eigenvalue weighted by atomic mass is 9.97. The summed E-state index contributed by atoms with van der Waals surface area (Å²) in [5.41, 5.74) is 1.28. The standard InChI is InChI=1S/C12H19NO2S/c14-12(8-10-4-2-1-3-5-10)13-11-6-7-16(15)9-11/h4,11H,1-3,5-9H2,(H,13,14). The molecule has 2 atom stereocenters. The van der Waals surface area contributed by atoms with Crippen molar-refractivity contribution in [1.29, 1.82) is 0 Å². The monoisotopic (exact) mass is 241 g/mol. The van der Waals surface area contributed by atoms with Crippen LogP contribution in [0.4, 0.5) is 0 Å². The third-order valence-electron chi connectivity index (χ3n) is 3.22. The quantitative estimate of drug-likeness (QED) is 0.761. The minimum Gasteiger partial charge on any atom is -0.352 e. The smallest absolute Gasteiger partial charge is 0.224 e. The molecule has 1 N–H and O–H groups in total. The van der Waals surface area contributed by atoms with Gasteiger partial charge in [0.15, 0.2) is 0 Å². The molecule has 0 spiro atoms. The molecule has 1 fully saturated rings. The van der Waals surface area contributed by atoms with Crippen LogP contribution in [0.15, 0.2) is 11.6 Å². The topological polar surface area (TPSA) is 46.2 Å². The van der Waals surface area contributed by atoms with E-state index in [4.69, 9.17) is 0 Å². The summed E-state index contributed by atoms with van der Waals surface area (Å²) in [7, 11) is -0.705. The van der Waals surface area contributed by atoms with Gasteiger partial charge in [-0.25, -0.2) is 0 Å². The highest BCUT2D eigenvalue weighted by atomic mass is 32.2. The van der Waals surface area contributed by atoms with E-state index < -0.39 is 10.8 Å². The van der Waals surface area contributed by atoms with Crippen molar-refractivity contribution in [2.24, 2.45) is 0 Å². The number of hydrogen-bond donors (Lipinski definition) is 1. The van der Waals surface area contributed by atoms with Gasteiger partial charge in [0.25, 0.3) is 0 Å². The summed E-state index contributed by atoms with van der Waals surface area (Å²) in [5.74, 6) is 1.50. The number of allylic oxidation sites excluding steroid dienone is 1. The zero-order valence-corrected chi connectivity index (χ0v) is 10.4. The van der Waals surface area contributed by atoms with Crippen LogP contribution in [0.25, 0.3) is 0 Å². The molecule has 1 amide bonds. The first-order valence-electron chi connectivity index (χ1n) is 6.06. The molecule has 0 aromatic heterocycles. The van der Waals surface area contributed by atoms with Crippen LogP contribution in [0.5, 0.6) is 0 Å². The second-order valence-electron chi connectivity index (χ2n) is 4.65. The predicted molar refractivity (Wildman–Crippen MR) is 65.6 cm³/mol. The van der Waals surface area contributed by atoms with E-state index in [1.54, 1.807) is 0 Å². The van der Waals surface area contributed by atoms with Gasteiger partial charge in [-0.1, -0.05) is 11.6 Å². The molecule has 1 aliphatic carbocycles. The Bertz CT molecular complexity index is 325. The van der Waals surface area contributed by atoms with E-state index in [9.17, 15) is 9.00 Å². The molecule has 0 aromatic carbocycles. The maximum absolute atomic E-state index is 11.7. The number of amides is 1. The molecule has 4 heteroatoms. The summed E-state index contributed by atoms with van der Waals surface area (Å²) in [6.45, 7) is 0. The first-order chi connectivity index (χ1) is 7.74. The van der Waals surface area contributed by atoms with E-state index in [2.05, 4.69) is 11.4 Å². The van der Waals surface area contributed by atoms with Gasteiger partial charge in [0.1, 0.15) is 0 Å². The van der Waals surface area contributed by atoms with Crippen LogP contribution in [-0.2, 0) is 15.6 Å². The average molecular weight is 241 g/mol. The molecule has 2 aliphatic rings. The normalized spacial score (nSPS) is 29.9. The van der Waals surface area contributed by atoms with E-state index in [1.807, 2.05) is 0 Å². The first kappa shape index (κ1) is 11.8. The second-order valence-corrected chi connectivity index (χ2v) is 6.27. The van der Waals surface area contributed by atoms with Crippen molar-refractivity contribution in [2.45, 2.75) is 44.6 Å². The Morgan fingerprint density at radius 2 is 2.38 bits per heavy atom. The van der Waals surface area contributed by atoms with Gasteiger partial charge in [-0.2, -0.15) is 0 Å². The summed E-state index contributed by atoms with van der Waals surface area (Å²) in [5, 5.41) is 2.98. The van der Waals surface area contributed by atoms with Crippen molar-refractivity contribution in [3.8, 4) is 0 Å². The Morgan fingerprint density at radius 1 is 1.50 bits per heavy atom. The Hall–Kier alpha value is -0.640. The second kappa shape index (κ2) is 5.62. The van der Waals surface area contributed by atoms with Crippen LogP contribution in [-0.4, -0.2) is 27.7 Å². The zero-order valence-electron chi connectivity index (χ0n) is 9.54. The molecular weight excluding hydrogens is 222 g/mol. The Morgan fingerprint density at radius 3 is 3.00 bits per heavy atom. The van der Waals surface area contributed by atoms with Crippen molar-refractivity contribution < 1.29 is 9.00 Å². The van der Waals surface area contributed by atoms with E-state index in [-0.39, 0.29) is 11.9 Å². The Kier molecular flexibility index (Phi) is 4.16. The van der Waals surface area contributed by atoms with Crippen LogP contribution in [0, 0.1) is 0 Å². The molecule has 90 valence electrons. The van der Waals surface area contributed by atoms with Crippen LogP contribution >= 0.6 is 0 Å². The van der Waals surface area contributed by atoms with Crippen molar-refractivity contribution in [2.75, 3.05) is 11.5 Å². The molecule has 1 heterocycles. The van der Waals surface area contributed by atoms with Crippen LogP contribution in [0.2, 0.25) is 0 Å². The summed E-state index contributed by atoms with van der Waals surface area (Å²) in [6, 6.07) is 0.150. The SMILES string of the molecule is O=C(CC1=CCCCC1)NC1CCS(=O)C1. The number of hydrogen-bond acceptors (Lipinski definition) is 2.